The predicted octanol–water partition coefficient (Wildman–Crippen LogP) is 2.20. The number of aromatic nitrogens is 1. The van der Waals surface area contributed by atoms with Crippen LogP contribution in [0.25, 0.3) is 10.9 Å². The minimum Gasteiger partial charge on any atom is -0.480 e. The van der Waals surface area contributed by atoms with Crippen LogP contribution >= 0.6 is 15.9 Å². The summed E-state index contributed by atoms with van der Waals surface area (Å²) in [6, 6.07) is 3.69. The number of nitrogens with two attached hydrogens (primary N) is 1. The Hall–Kier alpha value is -1.60. The van der Waals surface area contributed by atoms with Crippen molar-refractivity contribution >= 4 is 32.8 Å². The first-order chi connectivity index (χ1) is 8.91. The molecule has 0 saturated carbocycles. The number of carboxylic acid groups (broad SMARTS) is 1. The number of aliphatic carboxylic acids is 1. The summed E-state index contributed by atoms with van der Waals surface area (Å²) < 4.78 is 14.4. The molecule has 5 nitrogen and oxygen atoms in total. The van der Waals surface area contributed by atoms with Crippen molar-refractivity contribution in [3.63, 3.8) is 0 Å². The first kappa shape index (κ1) is 13.8. The maximum atomic E-state index is 13.5. The van der Waals surface area contributed by atoms with Crippen LogP contribution in [0, 0.1) is 0 Å². The van der Waals surface area contributed by atoms with Crippen molar-refractivity contribution in [2.75, 3.05) is 0 Å². The molecule has 2 rings (SSSR count). The summed E-state index contributed by atoms with van der Waals surface area (Å²) in [5.41, 5.74) is 6.71. The number of alkyl halides is 2. The van der Waals surface area contributed by atoms with Crippen LogP contribution in [0.1, 0.15) is 16.2 Å². The average Bonchev–Trinajstić information content (AvgIpc) is 2.66. The monoisotopic (exact) mass is 330 g/mol. The lowest BCUT2D eigenvalue weighted by atomic mass is 10.0. The average molecular weight is 331 g/mol. The molecule has 1 aromatic carbocycles. The van der Waals surface area contributed by atoms with E-state index in [-0.39, 0.29) is 6.42 Å². The first-order valence-corrected chi connectivity index (χ1v) is 6.42. The molecular formula is C12H12BrFN2O3. The lowest BCUT2D eigenvalue weighted by molar-refractivity contribution is -0.138. The Morgan fingerprint density at radius 1 is 1.53 bits per heavy atom. The van der Waals surface area contributed by atoms with Crippen LogP contribution in [0.5, 0.6) is 0 Å². The molecular weight excluding hydrogens is 319 g/mol. The van der Waals surface area contributed by atoms with Crippen molar-refractivity contribution in [1.29, 1.82) is 0 Å². The Labute approximate surface area is 116 Å². The minimum atomic E-state index is -1.40. The second kappa shape index (κ2) is 5.18. The van der Waals surface area contributed by atoms with Crippen molar-refractivity contribution in [3.8, 4) is 0 Å². The van der Waals surface area contributed by atoms with Crippen LogP contribution in [0.15, 0.2) is 24.4 Å². The maximum absolute atomic E-state index is 13.5. The molecule has 0 aliphatic heterocycles. The second-order valence-electron chi connectivity index (χ2n) is 4.19. The third-order valence-corrected chi connectivity index (χ3v) is 3.41. The molecule has 4 N–H and O–H groups in total. The Bertz CT molecular complexity index is 627. The molecule has 0 fully saturated rings. The lowest BCUT2D eigenvalue weighted by Gasteiger charge is -2.08. The van der Waals surface area contributed by atoms with E-state index in [0.717, 1.165) is 4.73 Å². The molecule has 19 heavy (non-hydrogen) atoms. The van der Waals surface area contributed by atoms with Crippen molar-refractivity contribution in [2.45, 2.75) is 17.5 Å². The summed E-state index contributed by atoms with van der Waals surface area (Å²) in [6.07, 6.45) is 1.36. The summed E-state index contributed by atoms with van der Waals surface area (Å²) in [4.78, 5) is 10.8. The van der Waals surface area contributed by atoms with Gasteiger partial charge in [-0.1, -0.05) is 12.1 Å². The number of halogens is 2. The zero-order chi connectivity index (χ0) is 14.2. The summed E-state index contributed by atoms with van der Waals surface area (Å²) in [6.45, 7) is 0. The van der Waals surface area contributed by atoms with Gasteiger partial charge in [-0.05, 0) is 27.6 Å². The highest BCUT2D eigenvalue weighted by Gasteiger charge is 2.20. The third-order valence-electron chi connectivity index (χ3n) is 2.91. The third kappa shape index (κ3) is 2.57. The maximum Gasteiger partial charge on any atom is 0.320 e. The van der Waals surface area contributed by atoms with Gasteiger partial charge in [-0.25, -0.2) is 4.39 Å². The van der Waals surface area contributed by atoms with Crippen LogP contribution in [-0.4, -0.2) is 27.1 Å². The van der Waals surface area contributed by atoms with Crippen LogP contribution in [0.3, 0.4) is 0 Å². The fourth-order valence-electron chi connectivity index (χ4n) is 2.04. The molecule has 1 aromatic heterocycles. The van der Waals surface area contributed by atoms with Crippen molar-refractivity contribution < 1.29 is 19.5 Å². The molecule has 0 radical (unpaired) electrons. The molecule has 0 saturated heterocycles. The molecule has 2 atom stereocenters. The molecule has 0 aliphatic carbocycles. The minimum absolute atomic E-state index is 0.0100. The van der Waals surface area contributed by atoms with Crippen LogP contribution in [0.4, 0.5) is 4.39 Å². The van der Waals surface area contributed by atoms with Crippen LogP contribution < -0.4 is 5.73 Å². The predicted molar refractivity (Wildman–Crippen MR) is 71.2 cm³/mol. The fraction of sp³-hybridized carbons (Fsp3) is 0.250. The molecule has 2 aromatic rings. The van der Waals surface area contributed by atoms with E-state index in [9.17, 15) is 14.4 Å². The summed E-state index contributed by atoms with van der Waals surface area (Å²) in [7, 11) is 0. The quantitative estimate of drug-likeness (QED) is 0.592. The zero-order valence-corrected chi connectivity index (χ0v) is 11.3. The van der Waals surface area contributed by atoms with Gasteiger partial charge < -0.3 is 16.0 Å². The van der Waals surface area contributed by atoms with E-state index in [0.29, 0.717) is 22.0 Å². The van der Waals surface area contributed by atoms with Crippen molar-refractivity contribution in [2.24, 2.45) is 5.73 Å². The van der Waals surface area contributed by atoms with E-state index in [1.807, 2.05) is 0 Å². The van der Waals surface area contributed by atoms with Gasteiger partial charge >= 0.3 is 5.97 Å². The van der Waals surface area contributed by atoms with Gasteiger partial charge in [0.15, 0.2) is 5.08 Å². The normalized spacial score (nSPS) is 14.5. The number of hydrogen-bond acceptors (Lipinski definition) is 3. The number of carbonyl (C=O) groups is 1. The topological polar surface area (TPSA) is 88.5 Å². The summed E-state index contributed by atoms with van der Waals surface area (Å²) >= 11 is 2.84. The Kier molecular flexibility index (Phi) is 3.77. The zero-order valence-electron chi connectivity index (χ0n) is 9.75. The van der Waals surface area contributed by atoms with E-state index in [1.165, 1.54) is 6.20 Å². The van der Waals surface area contributed by atoms with Crippen molar-refractivity contribution in [3.05, 3.63) is 35.5 Å². The largest absolute Gasteiger partial charge is 0.480 e. The van der Waals surface area contributed by atoms with E-state index in [1.54, 1.807) is 18.2 Å². The van der Waals surface area contributed by atoms with Gasteiger partial charge in [-0.2, -0.15) is 4.73 Å². The summed E-state index contributed by atoms with van der Waals surface area (Å²) in [5.74, 6) is -1.15. The van der Waals surface area contributed by atoms with Gasteiger partial charge in [-0.15, -0.1) is 0 Å². The van der Waals surface area contributed by atoms with E-state index in [2.05, 4.69) is 15.9 Å². The van der Waals surface area contributed by atoms with Crippen LogP contribution in [0.2, 0.25) is 0 Å². The van der Waals surface area contributed by atoms with Gasteiger partial charge in [-0.3, -0.25) is 4.79 Å². The number of carboxylic acids is 1. The standard InChI is InChI=1S/C12H12BrFN2O3/c13-11(14)7-2-1-3-9-10(7)6(5-16(9)19)4-8(15)12(17)18/h1-3,5,8,11,19H,4,15H2,(H,17,18). The highest BCUT2D eigenvalue weighted by atomic mass is 79.9. The molecule has 0 spiro atoms. The first-order valence-electron chi connectivity index (χ1n) is 5.50. The van der Waals surface area contributed by atoms with Gasteiger partial charge in [0.2, 0.25) is 0 Å². The number of nitrogens with zero attached hydrogens (tertiary/aromatic N) is 1. The molecule has 0 aliphatic rings. The molecule has 1 heterocycles. The SMILES string of the molecule is NC(Cc1cn(O)c2cccc(C(F)Br)c12)C(=O)O. The fourth-order valence-corrected chi connectivity index (χ4v) is 2.42. The molecule has 0 amide bonds. The highest BCUT2D eigenvalue weighted by Crippen LogP contribution is 2.34. The molecule has 2 unspecified atom stereocenters. The van der Waals surface area contributed by atoms with Gasteiger partial charge in [0.1, 0.15) is 6.04 Å². The smallest absolute Gasteiger partial charge is 0.320 e. The Balaban J connectivity index is 2.58. The van der Waals surface area contributed by atoms with E-state index in [4.69, 9.17) is 10.8 Å². The Morgan fingerprint density at radius 3 is 2.79 bits per heavy atom. The number of fused-ring (bicyclic) bond motifs is 1. The number of benzene rings is 1. The number of hydrogen-bond donors (Lipinski definition) is 3. The highest BCUT2D eigenvalue weighted by molar-refractivity contribution is 9.09. The molecule has 102 valence electrons. The van der Waals surface area contributed by atoms with E-state index >= 15 is 0 Å². The Morgan fingerprint density at radius 2 is 2.21 bits per heavy atom. The molecule has 7 heteroatoms. The van der Waals surface area contributed by atoms with Gasteiger partial charge in [0.05, 0.1) is 5.52 Å². The lowest BCUT2D eigenvalue weighted by Crippen LogP contribution is -2.32. The summed E-state index contributed by atoms with van der Waals surface area (Å²) in [5, 5.41) is 17.6. The van der Waals surface area contributed by atoms with Crippen LogP contribution in [-0.2, 0) is 11.2 Å². The molecule has 0 bridgehead atoms. The second-order valence-corrected chi connectivity index (χ2v) is 4.99. The van der Waals surface area contributed by atoms with Gasteiger partial charge in [0.25, 0.3) is 0 Å². The van der Waals surface area contributed by atoms with Crippen molar-refractivity contribution in [1.82, 2.24) is 4.73 Å². The van der Waals surface area contributed by atoms with Gasteiger partial charge in [0, 0.05) is 23.6 Å². The number of rotatable bonds is 4. The van der Waals surface area contributed by atoms with E-state index < -0.39 is 17.1 Å².